The number of sulfone groups is 1. The third kappa shape index (κ3) is 5.76. The molecule has 2 rings (SSSR count). The minimum atomic E-state index is -3.02. The quantitative estimate of drug-likeness (QED) is 0.574. The fourth-order valence-corrected chi connectivity index (χ4v) is 4.89. The minimum Gasteiger partial charge on any atom is -0.293 e. The Balaban J connectivity index is 1.64. The zero-order valence-corrected chi connectivity index (χ0v) is 14.0. The van der Waals surface area contributed by atoms with Crippen LogP contribution in [0.15, 0.2) is 17.5 Å². The summed E-state index contributed by atoms with van der Waals surface area (Å²) in [6, 6.07) is 3.46. The maximum Gasteiger partial charge on any atom is 0.238 e. The monoisotopic (exact) mass is 358 g/mol. The van der Waals surface area contributed by atoms with Crippen LogP contribution in [0.25, 0.3) is 0 Å². The van der Waals surface area contributed by atoms with Crippen molar-refractivity contribution in [3.8, 4) is 0 Å². The number of thiophene rings is 1. The van der Waals surface area contributed by atoms with Crippen molar-refractivity contribution in [2.45, 2.75) is 25.7 Å². The molecule has 0 radical (unpaired) electrons. The molecule has 126 valence electrons. The first-order chi connectivity index (χ1) is 10.9. The number of ketones is 1. The summed E-state index contributed by atoms with van der Waals surface area (Å²) in [4.78, 5) is 35.6. The molecule has 0 saturated carbocycles. The number of hydrogen-bond donors (Lipinski definition) is 2. The second-order valence-electron chi connectivity index (χ2n) is 5.47. The summed E-state index contributed by atoms with van der Waals surface area (Å²) in [5.74, 6) is -1.06. The fourth-order valence-electron chi connectivity index (χ4n) is 2.34. The van der Waals surface area contributed by atoms with Gasteiger partial charge < -0.3 is 0 Å². The van der Waals surface area contributed by atoms with Crippen LogP contribution in [0.5, 0.6) is 0 Å². The van der Waals surface area contributed by atoms with Gasteiger partial charge in [0.1, 0.15) is 0 Å². The van der Waals surface area contributed by atoms with Crippen molar-refractivity contribution < 1.29 is 22.8 Å². The third-order valence-corrected chi connectivity index (χ3v) is 6.27. The van der Waals surface area contributed by atoms with Crippen molar-refractivity contribution in [2.24, 2.45) is 5.92 Å². The van der Waals surface area contributed by atoms with E-state index < -0.39 is 21.7 Å². The van der Waals surface area contributed by atoms with E-state index in [1.807, 2.05) is 0 Å². The van der Waals surface area contributed by atoms with E-state index in [2.05, 4.69) is 10.9 Å². The predicted octanol–water partition coefficient (Wildman–Crippen LogP) is 0.683. The van der Waals surface area contributed by atoms with Gasteiger partial charge in [-0.2, -0.15) is 0 Å². The summed E-state index contributed by atoms with van der Waals surface area (Å²) in [6.45, 7) is 0. The smallest absolute Gasteiger partial charge is 0.238 e. The van der Waals surface area contributed by atoms with Gasteiger partial charge in [-0.1, -0.05) is 6.07 Å². The van der Waals surface area contributed by atoms with Crippen molar-refractivity contribution in [1.82, 2.24) is 10.9 Å². The van der Waals surface area contributed by atoms with Crippen LogP contribution in [0.1, 0.15) is 35.4 Å². The first-order valence-electron chi connectivity index (χ1n) is 7.20. The highest BCUT2D eigenvalue weighted by atomic mass is 32.2. The van der Waals surface area contributed by atoms with Gasteiger partial charge in [0.15, 0.2) is 15.6 Å². The highest BCUT2D eigenvalue weighted by Crippen LogP contribution is 2.21. The summed E-state index contributed by atoms with van der Waals surface area (Å²) in [7, 11) is -3.02. The van der Waals surface area contributed by atoms with Gasteiger partial charge in [0.2, 0.25) is 11.8 Å². The summed E-state index contributed by atoms with van der Waals surface area (Å²) in [5.41, 5.74) is 4.49. The Morgan fingerprint density at radius 3 is 2.52 bits per heavy atom. The number of rotatable bonds is 6. The molecule has 9 heteroatoms. The molecule has 2 N–H and O–H groups in total. The van der Waals surface area contributed by atoms with Gasteiger partial charge in [-0.3, -0.25) is 25.2 Å². The molecule has 1 saturated heterocycles. The zero-order chi connectivity index (χ0) is 16.9. The molecule has 2 amide bonds. The van der Waals surface area contributed by atoms with Gasteiger partial charge in [0.25, 0.3) is 0 Å². The standard InChI is InChI=1S/C14H18N2O5S2/c17-11(12-2-1-6-22-12)3-4-13(18)15-16-14(19)8-10-5-7-23(20,21)9-10/h1-2,6,10H,3-5,7-9H2,(H,15,18)(H,16,19)/t10-/m1/s1. The molecule has 0 bridgehead atoms. The van der Waals surface area contributed by atoms with E-state index >= 15 is 0 Å². The summed E-state index contributed by atoms with van der Waals surface area (Å²) in [5, 5.41) is 1.79. The van der Waals surface area contributed by atoms with Crippen molar-refractivity contribution in [2.75, 3.05) is 11.5 Å². The molecule has 0 aliphatic carbocycles. The average molecular weight is 358 g/mol. The Labute approximate surface area is 138 Å². The Kier molecular flexibility index (Phi) is 5.89. The van der Waals surface area contributed by atoms with Gasteiger partial charge in [0, 0.05) is 19.3 Å². The molecule has 7 nitrogen and oxygen atoms in total. The topological polar surface area (TPSA) is 109 Å². The van der Waals surface area contributed by atoms with E-state index in [0.29, 0.717) is 11.3 Å². The van der Waals surface area contributed by atoms with Gasteiger partial charge in [-0.05, 0) is 23.8 Å². The molecule has 1 fully saturated rings. The molecule has 0 aromatic carbocycles. The lowest BCUT2D eigenvalue weighted by Gasteiger charge is -2.09. The Morgan fingerprint density at radius 2 is 1.91 bits per heavy atom. The van der Waals surface area contributed by atoms with Crippen LogP contribution in [-0.2, 0) is 19.4 Å². The van der Waals surface area contributed by atoms with Crippen molar-refractivity contribution >= 4 is 38.8 Å². The molecule has 1 aromatic rings. The number of carbonyl (C=O) groups is 3. The van der Waals surface area contributed by atoms with Crippen molar-refractivity contribution in [3.05, 3.63) is 22.4 Å². The molecule has 1 aromatic heterocycles. The molecule has 0 spiro atoms. The summed E-state index contributed by atoms with van der Waals surface area (Å²) < 4.78 is 22.6. The highest BCUT2D eigenvalue weighted by molar-refractivity contribution is 7.91. The number of Topliss-reactive ketones (excluding diaryl/α,β-unsaturated/α-hetero) is 1. The predicted molar refractivity (Wildman–Crippen MR) is 85.5 cm³/mol. The van der Waals surface area contributed by atoms with Crippen LogP contribution in [0.3, 0.4) is 0 Å². The number of nitrogens with one attached hydrogen (secondary N) is 2. The Bertz CT molecular complexity index is 682. The molecular formula is C14H18N2O5S2. The van der Waals surface area contributed by atoms with E-state index in [9.17, 15) is 22.8 Å². The molecular weight excluding hydrogens is 340 g/mol. The van der Waals surface area contributed by atoms with Gasteiger partial charge in [0.05, 0.1) is 16.4 Å². The van der Waals surface area contributed by atoms with Crippen LogP contribution >= 0.6 is 11.3 Å². The third-order valence-electron chi connectivity index (χ3n) is 3.52. The number of amides is 2. The number of carbonyl (C=O) groups excluding carboxylic acids is 3. The van der Waals surface area contributed by atoms with Crippen LogP contribution in [-0.4, -0.2) is 37.5 Å². The first kappa shape index (κ1) is 17.6. The first-order valence-corrected chi connectivity index (χ1v) is 9.90. The molecule has 2 heterocycles. The van der Waals surface area contributed by atoms with Crippen molar-refractivity contribution in [1.29, 1.82) is 0 Å². The van der Waals surface area contributed by atoms with Crippen LogP contribution < -0.4 is 10.9 Å². The van der Waals surface area contributed by atoms with E-state index in [-0.39, 0.29) is 42.5 Å². The lowest BCUT2D eigenvalue weighted by atomic mass is 10.1. The van der Waals surface area contributed by atoms with Crippen molar-refractivity contribution in [3.63, 3.8) is 0 Å². The molecule has 0 unspecified atom stereocenters. The summed E-state index contributed by atoms with van der Waals surface area (Å²) >= 11 is 1.32. The average Bonchev–Trinajstić information content (AvgIpc) is 3.12. The molecule has 1 atom stereocenters. The largest absolute Gasteiger partial charge is 0.293 e. The zero-order valence-electron chi connectivity index (χ0n) is 12.4. The fraction of sp³-hybridized carbons (Fsp3) is 0.500. The Hall–Kier alpha value is -1.74. The number of hydrazine groups is 1. The van der Waals surface area contributed by atoms with E-state index in [1.165, 1.54) is 11.3 Å². The maximum atomic E-state index is 11.7. The lowest BCUT2D eigenvalue weighted by Crippen LogP contribution is -2.42. The molecule has 1 aliphatic heterocycles. The Morgan fingerprint density at radius 1 is 1.17 bits per heavy atom. The van der Waals surface area contributed by atoms with E-state index in [0.717, 1.165) is 0 Å². The molecule has 1 aliphatic rings. The number of hydrogen-bond acceptors (Lipinski definition) is 6. The van der Waals surface area contributed by atoms with Gasteiger partial charge in [-0.15, -0.1) is 11.3 Å². The van der Waals surface area contributed by atoms with Gasteiger partial charge in [-0.25, -0.2) is 8.42 Å². The minimum absolute atomic E-state index is 0.0175. The van der Waals surface area contributed by atoms with E-state index in [4.69, 9.17) is 0 Å². The van der Waals surface area contributed by atoms with Crippen LogP contribution in [0.2, 0.25) is 0 Å². The SMILES string of the molecule is O=C(CCC(=O)c1cccs1)NNC(=O)C[C@H]1CCS(=O)(=O)C1. The summed E-state index contributed by atoms with van der Waals surface area (Å²) in [6.07, 6.45) is 0.588. The lowest BCUT2D eigenvalue weighted by molar-refractivity contribution is -0.129. The highest BCUT2D eigenvalue weighted by Gasteiger charge is 2.29. The second-order valence-corrected chi connectivity index (χ2v) is 8.65. The van der Waals surface area contributed by atoms with Crippen LogP contribution in [0.4, 0.5) is 0 Å². The molecule has 23 heavy (non-hydrogen) atoms. The van der Waals surface area contributed by atoms with Gasteiger partial charge >= 0.3 is 0 Å². The van der Waals surface area contributed by atoms with Crippen LogP contribution in [0, 0.1) is 5.92 Å². The normalized spacial score (nSPS) is 19.2. The second kappa shape index (κ2) is 7.69. The maximum absolute atomic E-state index is 11.7. The van der Waals surface area contributed by atoms with E-state index in [1.54, 1.807) is 17.5 Å².